The van der Waals surface area contributed by atoms with Gasteiger partial charge in [-0.25, -0.2) is 24.0 Å². The average Bonchev–Trinajstić information content (AvgIpc) is 3.97. The topological polar surface area (TPSA) is 333 Å². The van der Waals surface area contributed by atoms with Gasteiger partial charge in [0.1, 0.15) is 51.7 Å². The molecule has 0 aliphatic carbocycles. The van der Waals surface area contributed by atoms with Crippen molar-refractivity contribution in [2.45, 2.75) is 150 Å². The number of aromatic hydroxyl groups is 1. The highest BCUT2D eigenvalue weighted by atomic mass is 16.7. The van der Waals surface area contributed by atoms with Gasteiger partial charge in [-0.05, 0) is 161 Å². The third kappa shape index (κ3) is 19.9. The molecule has 3 aromatic carbocycles. The van der Waals surface area contributed by atoms with E-state index in [0.717, 1.165) is 38.4 Å². The van der Waals surface area contributed by atoms with Crippen molar-refractivity contribution in [3.63, 3.8) is 0 Å². The second-order valence-corrected chi connectivity index (χ2v) is 21.6. The summed E-state index contributed by atoms with van der Waals surface area (Å²) in [5, 5.41) is 34.8. The van der Waals surface area contributed by atoms with Gasteiger partial charge < -0.3 is 75.1 Å². The molecule has 0 fully saturated rings. The number of ketones is 1. The lowest BCUT2D eigenvalue weighted by Crippen LogP contribution is -2.44. The number of carbonyl (C=O) groups is 7. The molecule has 10 N–H and O–H groups in total. The summed E-state index contributed by atoms with van der Waals surface area (Å²) in [4.78, 5) is 91.4. The number of aromatic nitrogens is 3. The number of benzene rings is 3. The van der Waals surface area contributed by atoms with Gasteiger partial charge in [-0.2, -0.15) is 0 Å². The molecule has 6 aromatic rings. The van der Waals surface area contributed by atoms with Crippen LogP contribution in [0.25, 0.3) is 32.7 Å². The summed E-state index contributed by atoms with van der Waals surface area (Å²) < 4.78 is 31.2. The fraction of sp³-hybridized carbons (Fsp3) is 0.426. The van der Waals surface area contributed by atoms with Crippen molar-refractivity contribution in [2.24, 2.45) is 5.73 Å². The van der Waals surface area contributed by atoms with Crippen molar-refractivity contribution in [3.05, 3.63) is 89.9 Å². The number of carboxylic acid groups (broad SMARTS) is 2. The molecule has 0 aliphatic rings. The van der Waals surface area contributed by atoms with Crippen LogP contribution in [-0.4, -0.2) is 113 Å². The number of hydrogen-bond donors (Lipinski definition) is 9. The summed E-state index contributed by atoms with van der Waals surface area (Å²) in [6.45, 7) is 22.2. The highest BCUT2D eigenvalue weighted by Crippen LogP contribution is 2.28. The van der Waals surface area contributed by atoms with Gasteiger partial charge in [0, 0.05) is 70.6 Å². The van der Waals surface area contributed by atoms with E-state index in [2.05, 4.69) is 25.6 Å². The molecule has 0 spiro atoms. The van der Waals surface area contributed by atoms with E-state index < -0.39 is 77.0 Å². The molecule has 0 bridgehead atoms. The molecule has 0 unspecified atom stereocenters. The van der Waals surface area contributed by atoms with Crippen LogP contribution in [0, 0.1) is 0 Å². The lowest BCUT2D eigenvalue weighted by atomic mass is 10.0. The van der Waals surface area contributed by atoms with E-state index in [0.29, 0.717) is 16.7 Å². The van der Waals surface area contributed by atoms with Crippen molar-refractivity contribution in [2.75, 3.05) is 0 Å². The summed E-state index contributed by atoms with van der Waals surface area (Å²) >= 11 is 0. The first kappa shape index (κ1) is 60.3. The number of ether oxygens (including phenoxy) is 6. The lowest BCUT2D eigenvalue weighted by molar-refractivity contribution is -0.140. The molecule has 6 rings (SSSR count). The zero-order valence-electron chi connectivity index (χ0n) is 45.0. The predicted molar refractivity (Wildman–Crippen MR) is 282 cm³/mol. The molecule has 0 radical (unpaired) electrons. The highest BCUT2D eigenvalue weighted by Gasteiger charge is 2.27. The molecule has 3 aromatic heterocycles. The van der Waals surface area contributed by atoms with Gasteiger partial charge in [0.15, 0.2) is 5.78 Å². The van der Waals surface area contributed by atoms with E-state index in [4.69, 9.17) is 39.3 Å². The van der Waals surface area contributed by atoms with E-state index in [1.165, 1.54) is 6.92 Å². The van der Waals surface area contributed by atoms with Gasteiger partial charge in [-0.3, -0.25) is 9.59 Å². The summed E-state index contributed by atoms with van der Waals surface area (Å²) in [6, 6.07) is 12.0. The zero-order chi connectivity index (χ0) is 57.1. The van der Waals surface area contributed by atoms with Crippen molar-refractivity contribution >= 4 is 74.9 Å². The SMILES string of the molecule is CC(=O)[C@H](Cc1c[nH]c2ccc(OC(=O)OC(C)(C)C)cc12)NC(=O)OC(C)(C)C.CC(C)(C)OC(=O)N[C@@H](Cc1c[nH]c2ccc(OC(=O)OC(C)(C)C)cc12)C(=O)O.N[C@@H](Cc1c[nH]c2ccc(O)cc12)C(=O)O. The van der Waals surface area contributed by atoms with Gasteiger partial charge >= 0.3 is 36.4 Å². The smallest absolute Gasteiger partial charge is 0.508 e. The third-order valence-electron chi connectivity index (χ3n) is 10.2. The Kier molecular flexibility index (Phi) is 19.7. The first-order chi connectivity index (χ1) is 35.0. The Morgan fingerprint density at radius 3 is 1.24 bits per heavy atom. The first-order valence-corrected chi connectivity index (χ1v) is 24.1. The Bertz CT molecular complexity index is 2880. The molecule has 0 aliphatic heterocycles. The Hall–Kier alpha value is -8.27. The molecule has 2 amide bonds. The molecule has 0 saturated carbocycles. The van der Waals surface area contributed by atoms with Crippen molar-refractivity contribution < 1.29 is 77.3 Å². The maximum Gasteiger partial charge on any atom is 0.514 e. The Balaban J connectivity index is 0.000000258. The number of aliphatic carboxylic acids is 2. The lowest BCUT2D eigenvalue weighted by Gasteiger charge is -2.22. The summed E-state index contributed by atoms with van der Waals surface area (Å²) in [5.74, 6) is -1.71. The van der Waals surface area contributed by atoms with Gasteiger partial charge in [-0.1, -0.05) is 0 Å². The van der Waals surface area contributed by atoms with Gasteiger partial charge in [0.25, 0.3) is 0 Å². The van der Waals surface area contributed by atoms with Crippen LogP contribution in [0.1, 0.15) is 107 Å². The largest absolute Gasteiger partial charge is 0.514 e. The van der Waals surface area contributed by atoms with E-state index in [-0.39, 0.29) is 36.5 Å². The van der Waals surface area contributed by atoms with Crippen LogP contribution in [-0.2, 0) is 52.6 Å². The number of Topliss-reactive ketones (excluding diaryl/α,β-unsaturated/α-hetero) is 1. The normalized spacial score (nSPS) is 12.9. The minimum absolute atomic E-state index is 0.00443. The van der Waals surface area contributed by atoms with E-state index in [1.54, 1.807) is 156 Å². The molecular weight excluding hydrogens is 989 g/mol. The number of nitrogens with one attached hydrogen (secondary N) is 5. The number of rotatable bonds is 13. The maximum atomic E-state index is 12.1. The van der Waals surface area contributed by atoms with Crippen LogP contribution in [0.5, 0.6) is 17.2 Å². The fourth-order valence-electron chi connectivity index (χ4n) is 7.01. The third-order valence-corrected chi connectivity index (χ3v) is 10.2. The highest BCUT2D eigenvalue weighted by molar-refractivity contribution is 5.90. The van der Waals surface area contributed by atoms with E-state index in [9.17, 15) is 43.8 Å². The number of phenols is 1. The number of H-pyrrole nitrogens is 3. The quantitative estimate of drug-likeness (QED) is 0.0295. The van der Waals surface area contributed by atoms with Crippen LogP contribution in [0.2, 0.25) is 0 Å². The van der Waals surface area contributed by atoms with Gasteiger partial charge in [0.2, 0.25) is 0 Å². The first-order valence-electron chi connectivity index (χ1n) is 24.1. The summed E-state index contributed by atoms with van der Waals surface area (Å²) in [5.41, 5.74) is 7.28. The zero-order valence-corrected chi connectivity index (χ0v) is 45.0. The molecule has 3 atom stereocenters. The van der Waals surface area contributed by atoms with Gasteiger partial charge in [-0.15, -0.1) is 0 Å². The number of aromatic amines is 3. The summed E-state index contributed by atoms with van der Waals surface area (Å²) in [7, 11) is 0. The number of amides is 2. The maximum absolute atomic E-state index is 12.1. The number of hydrogen-bond acceptors (Lipinski definition) is 15. The van der Waals surface area contributed by atoms with Crippen LogP contribution >= 0.6 is 0 Å². The van der Waals surface area contributed by atoms with Crippen LogP contribution in [0.3, 0.4) is 0 Å². The molecule has 0 saturated heterocycles. The average molecular weight is 1060 g/mol. The number of carbonyl (C=O) groups excluding carboxylic acids is 5. The number of alkyl carbamates (subject to hydrolysis) is 2. The van der Waals surface area contributed by atoms with Crippen molar-refractivity contribution in [1.82, 2.24) is 25.6 Å². The number of fused-ring (bicyclic) bond motifs is 3. The second-order valence-electron chi connectivity index (χ2n) is 21.6. The van der Waals surface area contributed by atoms with Crippen LogP contribution in [0.4, 0.5) is 19.2 Å². The predicted octanol–water partition coefficient (Wildman–Crippen LogP) is 9.34. The van der Waals surface area contributed by atoms with E-state index >= 15 is 0 Å². The number of carboxylic acids is 2. The van der Waals surface area contributed by atoms with Crippen LogP contribution in [0.15, 0.2) is 73.2 Å². The second kappa shape index (κ2) is 24.8. The number of phenolic OH excluding ortho intramolecular Hbond substituents is 1. The standard InChI is InChI=1S/C22H30N2O6.C21H28N2O7.C11H12N2O3/c1-13(25)18(24-19(26)29-21(2,3)4)10-14-12-23-17-9-8-15(11-16(14)17)28-20(27)30-22(5,6)7;1-20(2,3)29-18(26)23-16(17(24)25)9-12-11-22-15-8-7-13(10-14(12)15)28-19(27)30-21(4,5)6;12-9(11(15)16)3-6-5-13-10-2-1-7(14)4-8(6)10/h8-9,11-12,18,23H,10H2,1-7H3,(H,24,26);7-8,10-11,16,22H,9H2,1-6H3,(H,23,26)(H,24,25);1-2,4-5,9,13-14H,3,12H2,(H,15,16)/t18-;16-;9-/m000/s1. The number of nitrogens with two attached hydrogens (primary N) is 1. The molecular formula is C54H70N6O16. The van der Waals surface area contributed by atoms with Crippen molar-refractivity contribution in [1.29, 1.82) is 0 Å². The fourth-order valence-corrected chi connectivity index (χ4v) is 7.01. The van der Waals surface area contributed by atoms with Crippen molar-refractivity contribution in [3.8, 4) is 17.2 Å². The molecule has 76 heavy (non-hydrogen) atoms. The minimum atomic E-state index is -1.20. The Morgan fingerprint density at radius 1 is 0.513 bits per heavy atom. The Labute approximate surface area is 439 Å². The summed E-state index contributed by atoms with van der Waals surface area (Å²) in [6.07, 6.45) is 2.51. The van der Waals surface area contributed by atoms with E-state index in [1.807, 2.05) is 0 Å². The molecule has 22 nitrogen and oxygen atoms in total. The monoisotopic (exact) mass is 1060 g/mol. The minimum Gasteiger partial charge on any atom is -0.508 e. The Morgan fingerprint density at radius 2 is 0.868 bits per heavy atom. The van der Waals surface area contributed by atoms with Crippen LogP contribution < -0.4 is 25.8 Å². The molecule has 412 valence electrons. The molecule has 3 heterocycles. The van der Waals surface area contributed by atoms with Gasteiger partial charge in [0.05, 0.1) is 6.04 Å². The molecule has 22 heteroatoms.